The predicted octanol–water partition coefficient (Wildman–Crippen LogP) is 5.72. The number of hydrogen-bond acceptors (Lipinski definition) is 4. The van der Waals surface area contributed by atoms with Crippen LogP contribution in [0.15, 0.2) is 89.3 Å². The van der Waals surface area contributed by atoms with E-state index in [0.29, 0.717) is 23.8 Å². The number of hydrogen-bond donors (Lipinski definition) is 1. The smallest absolute Gasteiger partial charge is 0.251 e. The first-order chi connectivity index (χ1) is 15.1. The second-order valence-electron chi connectivity index (χ2n) is 7.31. The fourth-order valence-electron chi connectivity index (χ4n) is 3.22. The molecule has 1 unspecified atom stereocenters. The Morgan fingerprint density at radius 2 is 1.61 bits per heavy atom. The van der Waals surface area contributed by atoms with Crippen molar-refractivity contribution in [2.45, 2.75) is 26.5 Å². The van der Waals surface area contributed by atoms with E-state index in [2.05, 4.69) is 10.3 Å². The average Bonchev–Trinajstić information content (AvgIpc) is 3.19. The van der Waals surface area contributed by atoms with Crippen LogP contribution in [-0.2, 0) is 6.61 Å². The van der Waals surface area contributed by atoms with E-state index in [1.54, 1.807) is 12.1 Å². The highest BCUT2D eigenvalue weighted by Crippen LogP contribution is 2.23. The first kappa shape index (κ1) is 20.4. The van der Waals surface area contributed by atoms with E-state index in [1.807, 2.05) is 86.6 Å². The number of amides is 1. The van der Waals surface area contributed by atoms with Gasteiger partial charge in [0.1, 0.15) is 23.8 Å². The van der Waals surface area contributed by atoms with Crippen LogP contribution in [0, 0.1) is 6.92 Å². The Morgan fingerprint density at radius 1 is 0.968 bits per heavy atom. The van der Waals surface area contributed by atoms with Gasteiger partial charge in [-0.25, -0.2) is 4.98 Å². The van der Waals surface area contributed by atoms with E-state index in [1.165, 1.54) is 0 Å². The highest BCUT2D eigenvalue weighted by Gasteiger charge is 2.14. The van der Waals surface area contributed by atoms with Crippen molar-refractivity contribution in [2.24, 2.45) is 0 Å². The van der Waals surface area contributed by atoms with Gasteiger partial charge in [0.25, 0.3) is 5.91 Å². The highest BCUT2D eigenvalue weighted by atomic mass is 16.5. The lowest BCUT2D eigenvalue weighted by Gasteiger charge is -2.14. The van der Waals surface area contributed by atoms with Gasteiger partial charge in [0.15, 0.2) is 0 Å². The number of para-hydroxylation sites is 1. The second kappa shape index (κ2) is 9.30. The summed E-state index contributed by atoms with van der Waals surface area (Å²) in [6.07, 6.45) is 0. The summed E-state index contributed by atoms with van der Waals surface area (Å²) in [5.41, 5.74) is 3.20. The topological polar surface area (TPSA) is 64.4 Å². The molecule has 1 atom stereocenters. The van der Waals surface area contributed by atoms with Gasteiger partial charge in [-0.05, 0) is 55.8 Å². The van der Waals surface area contributed by atoms with Gasteiger partial charge in [0.05, 0.1) is 6.04 Å². The van der Waals surface area contributed by atoms with Gasteiger partial charge in [-0.2, -0.15) is 0 Å². The van der Waals surface area contributed by atoms with Crippen LogP contribution in [0.25, 0.3) is 11.5 Å². The summed E-state index contributed by atoms with van der Waals surface area (Å²) in [5.74, 6) is 1.88. The molecule has 0 fully saturated rings. The third kappa shape index (κ3) is 5.01. The molecule has 4 rings (SSSR count). The Hall–Kier alpha value is -3.86. The minimum Gasteiger partial charge on any atom is -0.487 e. The maximum absolute atomic E-state index is 12.6. The molecule has 1 amide bonds. The SMILES string of the molecule is Cc1oc(-c2ccc(C(=O)NC(C)c3ccccc3)cc2)nc1COc1ccccc1. The zero-order valence-corrected chi connectivity index (χ0v) is 17.5. The highest BCUT2D eigenvalue weighted by molar-refractivity contribution is 5.94. The molecule has 5 heteroatoms. The number of benzene rings is 3. The maximum Gasteiger partial charge on any atom is 0.251 e. The molecule has 3 aromatic carbocycles. The summed E-state index contributed by atoms with van der Waals surface area (Å²) in [6, 6.07) is 26.6. The van der Waals surface area contributed by atoms with Crippen molar-refractivity contribution in [3.63, 3.8) is 0 Å². The fourth-order valence-corrected chi connectivity index (χ4v) is 3.22. The van der Waals surface area contributed by atoms with Crippen molar-refractivity contribution in [3.05, 3.63) is 108 Å². The molecule has 4 aromatic rings. The lowest BCUT2D eigenvalue weighted by atomic mass is 10.1. The third-order valence-corrected chi connectivity index (χ3v) is 5.05. The largest absolute Gasteiger partial charge is 0.487 e. The van der Waals surface area contributed by atoms with Gasteiger partial charge in [0.2, 0.25) is 5.89 Å². The monoisotopic (exact) mass is 412 g/mol. The normalized spacial score (nSPS) is 11.7. The summed E-state index contributed by atoms with van der Waals surface area (Å²) in [4.78, 5) is 17.2. The molecule has 1 aromatic heterocycles. The summed E-state index contributed by atoms with van der Waals surface area (Å²) in [7, 11) is 0. The molecular weight excluding hydrogens is 388 g/mol. The van der Waals surface area contributed by atoms with Gasteiger partial charge in [-0.15, -0.1) is 0 Å². The van der Waals surface area contributed by atoms with Crippen LogP contribution in [-0.4, -0.2) is 10.9 Å². The van der Waals surface area contributed by atoms with Crippen LogP contribution in [0.2, 0.25) is 0 Å². The van der Waals surface area contributed by atoms with Gasteiger partial charge in [-0.1, -0.05) is 48.5 Å². The molecule has 0 aliphatic rings. The standard InChI is InChI=1S/C26H24N2O3/c1-18(20-9-5-3-6-10-20)27-25(29)21-13-15-22(16-14-21)26-28-24(19(2)31-26)17-30-23-11-7-4-8-12-23/h3-16,18H,17H2,1-2H3,(H,27,29). The third-order valence-electron chi connectivity index (χ3n) is 5.05. The van der Waals surface area contributed by atoms with Crippen LogP contribution >= 0.6 is 0 Å². The fraction of sp³-hybridized carbons (Fsp3) is 0.154. The van der Waals surface area contributed by atoms with E-state index in [-0.39, 0.29) is 11.9 Å². The summed E-state index contributed by atoms with van der Waals surface area (Å²) in [5, 5.41) is 3.02. The molecule has 0 spiro atoms. The molecule has 1 heterocycles. The first-order valence-electron chi connectivity index (χ1n) is 10.2. The van der Waals surface area contributed by atoms with Crippen LogP contribution in [0.4, 0.5) is 0 Å². The van der Waals surface area contributed by atoms with Crippen LogP contribution < -0.4 is 10.1 Å². The second-order valence-corrected chi connectivity index (χ2v) is 7.31. The van der Waals surface area contributed by atoms with E-state index >= 15 is 0 Å². The summed E-state index contributed by atoms with van der Waals surface area (Å²) >= 11 is 0. The Labute approximate surface area is 181 Å². The Kier molecular flexibility index (Phi) is 6.13. The van der Waals surface area contributed by atoms with Crippen molar-refractivity contribution < 1.29 is 13.9 Å². The quantitative estimate of drug-likeness (QED) is 0.422. The van der Waals surface area contributed by atoms with Crippen LogP contribution in [0.5, 0.6) is 5.75 Å². The minimum absolute atomic E-state index is 0.0741. The Morgan fingerprint density at radius 3 is 2.29 bits per heavy atom. The summed E-state index contributed by atoms with van der Waals surface area (Å²) < 4.78 is 11.6. The van der Waals surface area contributed by atoms with Gasteiger partial charge in [0, 0.05) is 11.1 Å². The number of aromatic nitrogens is 1. The van der Waals surface area contributed by atoms with E-state index < -0.39 is 0 Å². The molecule has 0 aliphatic heterocycles. The lowest BCUT2D eigenvalue weighted by molar-refractivity contribution is 0.0940. The molecule has 31 heavy (non-hydrogen) atoms. The predicted molar refractivity (Wildman–Crippen MR) is 120 cm³/mol. The number of nitrogens with zero attached hydrogens (tertiary/aromatic N) is 1. The first-order valence-corrected chi connectivity index (χ1v) is 10.2. The van der Waals surface area contributed by atoms with Crippen molar-refractivity contribution >= 4 is 5.91 Å². The molecule has 0 bridgehead atoms. The molecule has 0 saturated heterocycles. The number of nitrogens with one attached hydrogen (secondary N) is 1. The summed E-state index contributed by atoms with van der Waals surface area (Å²) in [6.45, 7) is 4.17. The molecule has 1 N–H and O–H groups in total. The van der Waals surface area contributed by atoms with Crippen LogP contribution in [0.3, 0.4) is 0 Å². The number of ether oxygens (including phenoxy) is 1. The molecule has 0 radical (unpaired) electrons. The minimum atomic E-state index is -0.122. The number of carbonyl (C=O) groups is 1. The van der Waals surface area contributed by atoms with Gasteiger partial charge in [-0.3, -0.25) is 4.79 Å². The van der Waals surface area contributed by atoms with Crippen LogP contribution in [0.1, 0.15) is 40.3 Å². The van der Waals surface area contributed by atoms with E-state index in [4.69, 9.17) is 9.15 Å². The van der Waals surface area contributed by atoms with E-state index in [0.717, 1.165) is 22.6 Å². The van der Waals surface area contributed by atoms with Crippen molar-refractivity contribution in [2.75, 3.05) is 0 Å². The molecule has 5 nitrogen and oxygen atoms in total. The van der Waals surface area contributed by atoms with Crippen molar-refractivity contribution in [3.8, 4) is 17.2 Å². The van der Waals surface area contributed by atoms with Gasteiger partial charge < -0.3 is 14.5 Å². The van der Waals surface area contributed by atoms with Crippen molar-refractivity contribution in [1.82, 2.24) is 10.3 Å². The lowest BCUT2D eigenvalue weighted by Crippen LogP contribution is -2.26. The molecule has 156 valence electrons. The zero-order valence-electron chi connectivity index (χ0n) is 17.5. The number of carbonyl (C=O) groups excluding carboxylic acids is 1. The average molecular weight is 412 g/mol. The zero-order chi connectivity index (χ0) is 21.6. The molecule has 0 saturated carbocycles. The number of oxazole rings is 1. The molecule has 0 aliphatic carbocycles. The van der Waals surface area contributed by atoms with Gasteiger partial charge >= 0.3 is 0 Å². The Bertz CT molecular complexity index is 1140. The number of rotatable bonds is 7. The number of aryl methyl sites for hydroxylation is 1. The maximum atomic E-state index is 12.6. The molecular formula is C26H24N2O3. The van der Waals surface area contributed by atoms with Crippen molar-refractivity contribution in [1.29, 1.82) is 0 Å². The van der Waals surface area contributed by atoms with E-state index in [9.17, 15) is 4.79 Å². The Balaban J connectivity index is 1.41.